The molecule has 0 spiro atoms. The molecule has 0 saturated heterocycles. The Morgan fingerprint density at radius 3 is 2.95 bits per heavy atom. The fraction of sp³-hybridized carbons (Fsp3) is 0.0625. The van der Waals surface area contributed by atoms with Gasteiger partial charge in [-0.05, 0) is 30.7 Å². The summed E-state index contributed by atoms with van der Waals surface area (Å²) in [5.74, 6) is 0.759. The molecule has 0 bridgehead atoms. The molecular formula is C16H13N5S. The van der Waals surface area contributed by atoms with E-state index in [2.05, 4.69) is 37.9 Å². The molecule has 2 N–H and O–H groups in total. The van der Waals surface area contributed by atoms with Crippen LogP contribution in [-0.2, 0) is 0 Å². The van der Waals surface area contributed by atoms with Crippen LogP contribution in [0.1, 0.15) is 5.56 Å². The number of fused-ring (bicyclic) bond motifs is 1. The summed E-state index contributed by atoms with van der Waals surface area (Å²) >= 11 is 1.36. The van der Waals surface area contributed by atoms with Gasteiger partial charge in [-0.25, -0.2) is 0 Å². The van der Waals surface area contributed by atoms with E-state index in [9.17, 15) is 0 Å². The molecule has 108 valence electrons. The van der Waals surface area contributed by atoms with E-state index in [1.807, 2.05) is 36.4 Å². The zero-order valence-corrected chi connectivity index (χ0v) is 12.7. The van der Waals surface area contributed by atoms with Crippen molar-refractivity contribution in [1.82, 2.24) is 19.6 Å². The summed E-state index contributed by atoms with van der Waals surface area (Å²) in [5, 5.41) is 12.1. The van der Waals surface area contributed by atoms with Crippen LogP contribution in [0.15, 0.2) is 48.7 Å². The van der Waals surface area contributed by atoms with Crippen LogP contribution in [0, 0.1) is 6.92 Å². The molecule has 6 heteroatoms. The van der Waals surface area contributed by atoms with Gasteiger partial charge in [0.05, 0.1) is 11.7 Å². The summed E-state index contributed by atoms with van der Waals surface area (Å²) in [7, 11) is 0. The minimum Gasteiger partial charge on any atom is -0.330 e. The average Bonchev–Trinajstić information content (AvgIpc) is 3.16. The molecule has 2 heterocycles. The molecule has 0 saturated carbocycles. The maximum Gasteiger partial charge on any atom is 0.207 e. The lowest BCUT2D eigenvalue weighted by molar-refractivity contribution is 1.12. The summed E-state index contributed by atoms with van der Waals surface area (Å²) in [5.41, 5.74) is 4.23. The Labute approximate surface area is 131 Å². The van der Waals surface area contributed by atoms with E-state index in [1.165, 1.54) is 17.1 Å². The summed E-state index contributed by atoms with van der Waals surface area (Å²) in [6, 6.07) is 14.2. The van der Waals surface area contributed by atoms with Crippen molar-refractivity contribution < 1.29 is 0 Å². The van der Waals surface area contributed by atoms with Gasteiger partial charge in [0.1, 0.15) is 0 Å². The Morgan fingerprint density at radius 1 is 1.14 bits per heavy atom. The maximum absolute atomic E-state index is 4.58. The lowest BCUT2D eigenvalue weighted by atomic mass is 10.1. The van der Waals surface area contributed by atoms with E-state index in [0.717, 1.165) is 33.1 Å². The first-order valence-electron chi connectivity index (χ1n) is 6.89. The number of nitrogens with zero attached hydrogens (tertiary/aromatic N) is 3. The fourth-order valence-corrected chi connectivity index (χ4v) is 2.95. The predicted octanol–water partition coefficient (Wildman–Crippen LogP) is 4.13. The van der Waals surface area contributed by atoms with Crippen LogP contribution >= 0.6 is 11.5 Å². The van der Waals surface area contributed by atoms with Gasteiger partial charge in [-0.1, -0.05) is 24.3 Å². The van der Waals surface area contributed by atoms with Crippen LogP contribution in [0.5, 0.6) is 0 Å². The van der Waals surface area contributed by atoms with Crippen molar-refractivity contribution in [3.05, 3.63) is 54.2 Å². The Morgan fingerprint density at radius 2 is 2.05 bits per heavy atom. The zero-order valence-electron chi connectivity index (χ0n) is 11.9. The Balaban J connectivity index is 1.63. The smallest absolute Gasteiger partial charge is 0.207 e. The van der Waals surface area contributed by atoms with E-state index in [1.54, 1.807) is 6.20 Å². The molecule has 2 aromatic heterocycles. The highest BCUT2D eigenvalue weighted by molar-refractivity contribution is 7.09. The van der Waals surface area contributed by atoms with Gasteiger partial charge in [0.15, 0.2) is 5.82 Å². The van der Waals surface area contributed by atoms with E-state index in [4.69, 9.17) is 0 Å². The van der Waals surface area contributed by atoms with E-state index in [-0.39, 0.29) is 0 Å². The number of aryl methyl sites for hydroxylation is 1. The number of aromatic amines is 1. The molecule has 2 aromatic carbocycles. The van der Waals surface area contributed by atoms with Gasteiger partial charge in [-0.2, -0.15) is 14.5 Å². The minimum absolute atomic E-state index is 0.759. The van der Waals surface area contributed by atoms with Gasteiger partial charge in [0.2, 0.25) is 5.13 Å². The number of H-pyrrole nitrogens is 1. The number of rotatable bonds is 3. The van der Waals surface area contributed by atoms with Crippen molar-refractivity contribution in [2.24, 2.45) is 0 Å². The first-order chi connectivity index (χ1) is 10.8. The SMILES string of the molecule is Cc1ccccc1-c1nsc(Nc2ccc3[nH]ncc3c2)n1. The number of nitrogens with one attached hydrogen (secondary N) is 2. The van der Waals surface area contributed by atoms with Crippen LogP contribution in [0.2, 0.25) is 0 Å². The topological polar surface area (TPSA) is 66.5 Å². The maximum atomic E-state index is 4.58. The Hall–Kier alpha value is -2.73. The highest BCUT2D eigenvalue weighted by atomic mass is 32.1. The monoisotopic (exact) mass is 307 g/mol. The Kier molecular flexibility index (Phi) is 3.08. The molecular weight excluding hydrogens is 294 g/mol. The van der Waals surface area contributed by atoms with E-state index in [0.29, 0.717) is 0 Å². The van der Waals surface area contributed by atoms with Crippen molar-refractivity contribution in [3.63, 3.8) is 0 Å². The summed E-state index contributed by atoms with van der Waals surface area (Å²) in [6.07, 6.45) is 1.80. The van der Waals surface area contributed by atoms with Crippen LogP contribution in [0.3, 0.4) is 0 Å². The van der Waals surface area contributed by atoms with Crippen LogP contribution < -0.4 is 5.32 Å². The molecule has 0 aliphatic carbocycles. The second-order valence-electron chi connectivity index (χ2n) is 5.04. The van der Waals surface area contributed by atoms with E-state index < -0.39 is 0 Å². The third-order valence-electron chi connectivity index (χ3n) is 3.50. The van der Waals surface area contributed by atoms with Gasteiger partial charge in [0, 0.05) is 28.2 Å². The quantitative estimate of drug-likeness (QED) is 0.597. The van der Waals surface area contributed by atoms with Crippen molar-refractivity contribution in [1.29, 1.82) is 0 Å². The molecule has 4 aromatic rings. The summed E-state index contributed by atoms with van der Waals surface area (Å²) in [4.78, 5) is 4.58. The molecule has 0 aliphatic rings. The van der Waals surface area contributed by atoms with E-state index >= 15 is 0 Å². The molecule has 22 heavy (non-hydrogen) atoms. The average molecular weight is 307 g/mol. The number of anilines is 2. The van der Waals surface area contributed by atoms with Gasteiger partial charge in [0.25, 0.3) is 0 Å². The Bertz CT molecular complexity index is 940. The third-order valence-corrected chi connectivity index (χ3v) is 4.13. The van der Waals surface area contributed by atoms with Crippen molar-refractivity contribution in [3.8, 4) is 11.4 Å². The molecule has 5 nitrogen and oxygen atoms in total. The van der Waals surface area contributed by atoms with Gasteiger partial charge in [-0.15, -0.1) is 0 Å². The lowest BCUT2D eigenvalue weighted by Crippen LogP contribution is -1.90. The van der Waals surface area contributed by atoms with Crippen LogP contribution in [-0.4, -0.2) is 19.6 Å². The fourth-order valence-electron chi connectivity index (χ4n) is 2.35. The molecule has 0 radical (unpaired) electrons. The first kappa shape index (κ1) is 13.0. The number of benzene rings is 2. The van der Waals surface area contributed by atoms with Gasteiger partial charge < -0.3 is 5.32 Å². The molecule has 0 fully saturated rings. The van der Waals surface area contributed by atoms with Crippen molar-refractivity contribution in [2.75, 3.05) is 5.32 Å². The highest BCUT2D eigenvalue weighted by Crippen LogP contribution is 2.26. The molecule has 0 aliphatic heterocycles. The second kappa shape index (κ2) is 5.23. The van der Waals surface area contributed by atoms with Gasteiger partial charge >= 0.3 is 0 Å². The molecule has 0 unspecified atom stereocenters. The van der Waals surface area contributed by atoms with Crippen molar-refractivity contribution >= 4 is 33.3 Å². The van der Waals surface area contributed by atoms with Crippen LogP contribution in [0.25, 0.3) is 22.3 Å². The standard InChI is InChI=1S/C16H13N5S/c1-10-4-2-3-5-13(10)15-19-16(22-21-15)18-12-6-7-14-11(8-12)9-17-20-14/h2-9H,1H3,(H,17,20)(H,18,19,21). The summed E-state index contributed by atoms with van der Waals surface area (Å²) in [6.45, 7) is 2.07. The summed E-state index contributed by atoms with van der Waals surface area (Å²) < 4.78 is 4.45. The number of hydrogen-bond donors (Lipinski definition) is 2. The lowest BCUT2D eigenvalue weighted by Gasteiger charge is -2.02. The largest absolute Gasteiger partial charge is 0.330 e. The normalized spacial score (nSPS) is 11.0. The molecule has 0 atom stereocenters. The molecule has 0 amide bonds. The predicted molar refractivity (Wildman–Crippen MR) is 89.5 cm³/mol. The number of aromatic nitrogens is 4. The van der Waals surface area contributed by atoms with Crippen LogP contribution in [0.4, 0.5) is 10.8 Å². The van der Waals surface area contributed by atoms with Gasteiger partial charge in [-0.3, -0.25) is 5.10 Å². The second-order valence-corrected chi connectivity index (χ2v) is 5.79. The third kappa shape index (κ3) is 2.33. The highest BCUT2D eigenvalue weighted by Gasteiger charge is 2.09. The first-order valence-corrected chi connectivity index (χ1v) is 7.67. The molecule has 4 rings (SSSR count). The minimum atomic E-state index is 0.759. The number of hydrogen-bond acceptors (Lipinski definition) is 5. The zero-order chi connectivity index (χ0) is 14.9. The van der Waals surface area contributed by atoms with Crippen molar-refractivity contribution in [2.45, 2.75) is 6.92 Å².